The summed E-state index contributed by atoms with van der Waals surface area (Å²) in [4.78, 5) is 0. The highest BCUT2D eigenvalue weighted by molar-refractivity contribution is 5.77. The van der Waals surface area contributed by atoms with Crippen LogP contribution in [0.4, 0.5) is 0 Å². The molecule has 2 aromatic rings. The van der Waals surface area contributed by atoms with Crippen molar-refractivity contribution in [2.24, 2.45) is 0 Å². The fourth-order valence-corrected chi connectivity index (χ4v) is 3.28. The van der Waals surface area contributed by atoms with Gasteiger partial charge in [-0.1, -0.05) is 25.1 Å². The maximum Gasteiger partial charge on any atom is 0.124 e. The second-order valence-corrected chi connectivity index (χ2v) is 6.52. The second kappa shape index (κ2) is 8.72. The normalized spacial score (nSPS) is 12.0. The lowest BCUT2D eigenvalue weighted by molar-refractivity contribution is 0.451. The summed E-state index contributed by atoms with van der Waals surface area (Å²) >= 11 is 0. The summed E-state index contributed by atoms with van der Waals surface area (Å²) in [7, 11) is 1.86. The van der Waals surface area contributed by atoms with E-state index in [2.05, 4.69) is 25.4 Å². The Balaban J connectivity index is 2.87. The van der Waals surface area contributed by atoms with Gasteiger partial charge in [0.25, 0.3) is 0 Å². The zero-order valence-electron chi connectivity index (χ0n) is 16.0. The fourth-order valence-electron chi connectivity index (χ4n) is 3.28. The van der Waals surface area contributed by atoms with Gasteiger partial charge in [0.2, 0.25) is 0 Å². The number of hydrogen-bond donors (Lipinski definition) is 3. The van der Waals surface area contributed by atoms with E-state index in [0.29, 0.717) is 18.6 Å². The Bertz CT molecular complexity index is 808. The Morgan fingerprint density at radius 2 is 1.69 bits per heavy atom. The summed E-state index contributed by atoms with van der Waals surface area (Å²) in [6.45, 7) is 11.8. The maximum atomic E-state index is 10.9. The van der Waals surface area contributed by atoms with E-state index < -0.39 is 0 Å². The van der Waals surface area contributed by atoms with Crippen molar-refractivity contribution in [2.75, 3.05) is 7.05 Å². The standard InChI is InChI=1S/C23H29NO2/c1-6-9-17-18(10-7-2)23(26)19(15(4)24-5)14-20(17)21-13-16(8-3)11-12-22(21)25/h6-7,11-15,24-26H,1-2,8-10H2,3-5H3. The quantitative estimate of drug-likeness (QED) is 0.582. The topological polar surface area (TPSA) is 52.5 Å². The number of aromatic hydroxyl groups is 2. The summed E-state index contributed by atoms with van der Waals surface area (Å²) < 4.78 is 0. The number of aryl methyl sites for hydroxylation is 1. The van der Waals surface area contributed by atoms with Gasteiger partial charge in [0.05, 0.1) is 0 Å². The number of rotatable bonds is 8. The molecular weight excluding hydrogens is 322 g/mol. The molecule has 2 rings (SSSR count). The molecule has 0 aromatic heterocycles. The minimum Gasteiger partial charge on any atom is -0.507 e. The fraction of sp³-hybridized carbons (Fsp3) is 0.304. The van der Waals surface area contributed by atoms with Crippen LogP contribution in [0.1, 0.15) is 42.1 Å². The van der Waals surface area contributed by atoms with Gasteiger partial charge in [-0.3, -0.25) is 0 Å². The van der Waals surface area contributed by atoms with E-state index in [1.807, 2.05) is 38.2 Å². The van der Waals surface area contributed by atoms with Gasteiger partial charge in [0, 0.05) is 22.7 Å². The summed E-state index contributed by atoms with van der Waals surface area (Å²) in [5, 5.41) is 24.6. The molecule has 2 aromatic carbocycles. The molecule has 1 unspecified atom stereocenters. The zero-order chi connectivity index (χ0) is 19.3. The van der Waals surface area contributed by atoms with Crippen molar-refractivity contribution in [3.05, 3.63) is 71.8 Å². The average molecular weight is 351 g/mol. The highest BCUT2D eigenvalue weighted by Gasteiger charge is 2.21. The third kappa shape index (κ3) is 3.83. The van der Waals surface area contributed by atoms with Crippen molar-refractivity contribution in [2.45, 2.75) is 39.2 Å². The zero-order valence-corrected chi connectivity index (χ0v) is 16.0. The van der Waals surface area contributed by atoms with E-state index in [9.17, 15) is 10.2 Å². The minimum atomic E-state index is -0.0217. The Kier molecular flexibility index (Phi) is 6.64. The van der Waals surface area contributed by atoms with E-state index in [4.69, 9.17) is 0 Å². The van der Waals surface area contributed by atoms with Gasteiger partial charge < -0.3 is 15.5 Å². The summed E-state index contributed by atoms with van der Waals surface area (Å²) in [5.74, 6) is 0.532. The first kappa shape index (κ1) is 19.8. The van der Waals surface area contributed by atoms with Crippen molar-refractivity contribution >= 4 is 0 Å². The van der Waals surface area contributed by atoms with Gasteiger partial charge in [-0.05, 0) is 68.1 Å². The molecule has 0 fully saturated rings. The van der Waals surface area contributed by atoms with E-state index in [-0.39, 0.29) is 11.8 Å². The molecule has 3 N–H and O–H groups in total. The number of phenolic OH excluding ortho intramolecular Hbond substituents is 2. The first-order valence-corrected chi connectivity index (χ1v) is 9.07. The monoisotopic (exact) mass is 351 g/mol. The van der Waals surface area contributed by atoms with Crippen LogP contribution in [0.2, 0.25) is 0 Å². The number of nitrogens with one attached hydrogen (secondary N) is 1. The molecule has 0 amide bonds. The van der Waals surface area contributed by atoms with Crippen LogP contribution in [0, 0.1) is 0 Å². The number of phenols is 2. The van der Waals surface area contributed by atoms with Crippen molar-refractivity contribution in [1.82, 2.24) is 5.32 Å². The lowest BCUT2D eigenvalue weighted by Gasteiger charge is -2.22. The molecule has 0 aliphatic heterocycles. The summed E-state index contributed by atoms with van der Waals surface area (Å²) in [5.41, 5.74) is 5.52. The van der Waals surface area contributed by atoms with Gasteiger partial charge in [-0.2, -0.15) is 0 Å². The van der Waals surface area contributed by atoms with E-state index in [1.54, 1.807) is 12.1 Å². The minimum absolute atomic E-state index is 0.0217. The molecule has 26 heavy (non-hydrogen) atoms. The summed E-state index contributed by atoms with van der Waals surface area (Å²) in [6, 6.07) is 7.67. The first-order chi connectivity index (χ1) is 12.5. The molecule has 3 heteroatoms. The van der Waals surface area contributed by atoms with Gasteiger partial charge in [0.15, 0.2) is 0 Å². The average Bonchev–Trinajstić information content (AvgIpc) is 2.65. The number of allylic oxidation sites excluding steroid dienone is 2. The van der Waals surface area contributed by atoms with E-state index in [0.717, 1.165) is 39.8 Å². The lowest BCUT2D eigenvalue weighted by Crippen LogP contribution is -2.14. The van der Waals surface area contributed by atoms with Crippen LogP contribution >= 0.6 is 0 Å². The SMILES string of the molecule is C=CCc1c(-c2cc(CC)ccc2O)cc(C(C)NC)c(O)c1CC=C. The number of benzene rings is 2. The smallest absolute Gasteiger partial charge is 0.124 e. The van der Waals surface area contributed by atoms with Crippen molar-refractivity contribution in [3.63, 3.8) is 0 Å². The predicted molar refractivity (Wildman–Crippen MR) is 110 cm³/mol. The summed E-state index contributed by atoms with van der Waals surface area (Å²) in [6.07, 6.45) is 5.67. The highest BCUT2D eigenvalue weighted by atomic mass is 16.3. The first-order valence-electron chi connectivity index (χ1n) is 9.07. The number of hydrogen-bond acceptors (Lipinski definition) is 3. The van der Waals surface area contributed by atoms with Crippen molar-refractivity contribution < 1.29 is 10.2 Å². The van der Waals surface area contributed by atoms with Crippen LogP contribution in [0.15, 0.2) is 49.6 Å². The molecule has 0 saturated heterocycles. The Labute approximate surface area is 156 Å². The Hall–Kier alpha value is -2.52. The van der Waals surface area contributed by atoms with Gasteiger partial charge in [-0.15, -0.1) is 13.2 Å². The van der Waals surface area contributed by atoms with Crippen LogP contribution in [0.5, 0.6) is 11.5 Å². The third-order valence-corrected chi connectivity index (χ3v) is 4.90. The molecule has 1 atom stereocenters. The van der Waals surface area contributed by atoms with E-state index in [1.165, 1.54) is 0 Å². The molecule has 0 radical (unpaired) electrons. The van der Waals surface area contributed by atoms with Gasteiger partial charge in [-0.25, -0.2) is 0 Å². The van der Waals surface area contributed by atoms with Crippen LogP contribution in [0.25, 0.3) is 11.1 Å². The molecule has 0 spiro atoms. The van der Waals surface area contributed by atoms with Crippen LogP contribution in [-0.4, -0.2) is 17.3 Å². The molecule has 0 heterocycles. The molecule has 0 aliphatic carbocycles. The molecule has 0 aliphatic rings. The molecule has 0 bridgehead atoms. The molecule has 0 saturated carbocycles. The van der Waals surface area contributed by atoms with Crippen molar-refractivity contribution in [1.29, 1.82) is 0 Å². The largest absolute Gasteiger partial charge is 0.507 e. The van der Waals surface area contributed by atoms with Crippen molar-refractivity contribution in [3.8, 4) is 22.6 Å². The third-order valence-electron chi connectivity index (χ3n) is 4.90. The lowest BCUT2D eigenvalue weighted by atomic mass is 9.86. The second-order valence-electron chi connectivity index (χ2n) is 6.52. The van der Waals surface area contributed by atoms with E-state index >= 15 is 0 Å². The predicted octanol–water partition coefficient (Wildman–Crippen LogP) is 5.06. The molecule has 138 valence electrons. The molecule has 3 nitrogen and oxygen atoms in total. The molecular formula is C23H29NO2. The van der Waals surface area contributed by atoms with Crippen LogP contribution in [0.3, 0.4) is 0 Å². The Morgan fingerprint density at radius 1 is 1.04 bits per heavy atom. The van der Waals surface area contributed by atoms with Crippen LogP contribution < -0.4 is 5.32 Å². The maximum absolute atomic E-state index is 10.9. The Morgan fingerprint density at radius 3 is 2.27 bits per heavy atom. The van der Waals surface area contributed by atoms with Gasteiger partial charge >= 0.3 is 0 Å². The highest BCUT2D eigenvalue weighted by Crippen LogP contribution is 2.41. The van der Waals surface area contributed by atoms with Crippen LogP contribution in [-0.2, 0) is 19.3 Å². The van der Waals surface area contributed by atoms with Gasteiger partial charge in [0.1, 0.15) is 11.5 Å².